The van der Waals surface area contributed by atoms with Crippen LogP contribution in [0.15, 0.2) is 6.07 Å². The molecule has 1 aromatic heterocycles. The molecule has 2 rings (SSSR count). The number of nitrogen functional groups attached to an aromatic ring is 1. The van der Waals surface area contributed by atoms with Crippen molar-refractivity contribution >= 4 is 11.8 Å². The number of hydrogen-bond acceptors (Lipinski definition) is 6. The second-order valence-corrected chi connectivity index (χ2v) is 5.12. The Bertz CT molecular complexity index is 404. The first-order valence-corrected chi connectivity index (χ1v) is 6.78. The van der Waals surface area contributed by atoms with E-state index in [2.05, 4.69) is 27.2 Å². The van der Waals surface area contributed by atoms with Crippen molar-refractivity contribution in [2.45, 2.75) is 19.3 Å². The average Bonchev–Trinajstić information content (AvgIpc) is 2.40. The van der Waals surface area contributed by atoms with Crippen molar-refractivity contribution in [1.82, 2.24) is 14.9 Å². The molecule has 1 fully saturated rings. The Hall–Kier alpha value is -1.56. The van der Waals surface area contributed by atoms with Crippen molar-refractivity contribution in [2.24, 2.45) is 5.92 Å². The van der Waals surface area contributed by atoms with Gasteiger partial charge in [0, 0.05) is 12.6 Å². The Morgan fingerprint density at radius 3 is 2.84 bits per heavy atom. The Labute approximate surface area is 114 Å². The number of nitrogens with one attached hydrogen (secondary N) is 1. The van der Waals surface area contributed by atoms with Crippen molar-refractivity contribution in [3.05, 3.63) is 6.07 Å². The van der Waals surface area contributed by atoms with Gasteiger partial charge in [0.1, 0.15) is 5.82 Å². The first-order chi connectivity index (χ1) is 9.17. The van der Waals surface area contributed by atoms with Gasteiger partial charge < -0.3 is 20.7 Å². The van der Waals surface area contributed by atoms with Crippen LogP contribution < -0.4 is 15.8 Å². The quantitative estimate of drug-likeness (QED) is 0.833. The van der Waals surface area contributed by atoms with Gasteiger partial charge in [-0.1, -0.05) is 0 Å². The minimum atomic E-state index is 0.237. The third-order valence-electron chi connectivity index (χ3n) is 3.63. The predicted molar refractivity (Wildman–Crippen MR) is 76.3 cm³/mol. The van der Waals surface area contributed by atoms with Crippen molar-refractivity contribution < 1.29 is 4.74 Å². The van der Waals surface area contributed by atoms with Crippen molar-refractivity contribution in [2.75, 3.05) is 44.8 Å². The van der Waals surface area contributed by atoms with Crippen LogP contribution >= 0.6 is 0 Å². The fourth-order valence-corrected chi connectivity index (χ4v) is 2.39. The van der Waals surface area contributed by atoms with Gasteiger partial charge in [0.25, 0.3) is 0 Å². The lowest BCUT2D eigenvalue weighted by Gasteiger charge is -2.28. The molecule has 0 aliphatic carbocycles. The Kier molecular flexibility index (Phi) is 4.79. The third-order valence-corrected chi connectivity index (χ3v) is 3.63. The summed E-state index contributed by atoms with van der Waals surface area (Å²) in [5.41, 5.74) is 5.62. The number of aromatic nitrogens is 2. The SMILES string of the molecule is COc1cc(NCCC2CCN(C)CC2)nc(N)n1. The van der Waals surface area contributed by atoms with Crippen LogP contribution in [0.2, 0.25) is 0 Å². The number of ether oxygens (including phenoxy) is 1. The molecule has 0 spiro atoms. The predicted octanol–water partition coefficient (Wildman–Crippen LogP) is 1.21. The molecule has 1 aromatic rings. The molecule has 0 amide bonds. The highest BCUT2D eigenvalue weighted by Gasteiger charge is 2.16. The lowest BCUT2D eigenvalue weighted by atomic mass is 9.94. The van der Waals surface area contributed by atoms with E-state index >= 15 is 0 Å². The van der Waals surface area contributed by atoms with Gasteiger partial charge in [-0.25, -0.2) is 0 Å². The lowest BCUT2D eigenvalue weighted by Crippen LogP contribution is -2.30. The molecular formula is C13H23N5O. The normalized spacial score (nSPS) is 17.4. The van der Waals surface area contributed by atoms with Crippen LogP contribution in [-0.4, -0.2) is 48.7 Å². The summed E-state index contributed by atoms with van der Waals surface area (Å²) in [5.74, 6) is 2.28. The highest BCUT2D eigenvalue weighted by molar-refractivity contribution is 5.42. The minimum Gasteiger partial charge on any atom is -0.481 e. The van der Waals surface area contributed by atoms with Crippen molar-refractivity contribution in [1.29, 1.82) is 0 Å². The summed E-state index contributed by atoms with van der Waals surface area (Å²) in [5, 5.41) is 3.29. The zero-order chi connectivity index (χ0) is 13.7. The molecule has 0 saturated carbocycles. The topological polar surface area (TPSA) is 76.3 Å². The van der Waals surface area contributed by atoms with Gasteiger partial charge in [-0.2, -0.15) is 9.97 Å². The zero-order valence-corrected chi connectivity index (χ0v) is 11.7. The van der Waals surface area contributed by atoms with E-state index in [1.165, 1.54) is 32.4 Å². The number of methoxy groups -OCH3 is 1. The summed E-state index contributed by atoms with van der Waals surface area (Å²) in [6.45, 7) is 3.33. The van der Waals surface area contributed by atoms with Crippen LogP contribution in [0, 0.1) is 5.92 Å². The second-order valence-electron chi connectivity index (χ2n) is 5.12. The summed E-state index contributed by atoms with van der Waals surface area (Å²) in [7, 11) is 3.76. The molecule has 0 radical (unpaired) electrons. The summed E-state index contributed by atoms with van der Waals surface area (Å²) in [6.07, 6.45) is 3.74. The van der Waals surface area contributed by atoms with Crippen LogP contribution in [0.4, 0.5) is 11.8 Å². The molecule has 19 heavy (non-hydrogen) atoms. The number of piperidine rings is 1. The summed E-state index contributed by atoms with van der Waals surface area (Å²) in [6, 6.07) is 1.77. The molecule has 1 aliphatic rings. The number of rotatable bonds is 5. The minimum absolute atomic E-state index is 0.237. The van der Waals surface area contributed by atoms with Crippen molar-refractivity contribution in [3.63, 3.8) is 0 Å². The molecule has 0 bridgehead atoms. The fourth-order valence-electron chi connectivity index (χ4n) is 2.39. The molecule has 2 heterocycles. The van der Waals surface area contributed by atoms with E-state index in [1.54, 1.807) is 13.2 Å². The fraction of sp³-hybridized carbons (Fsp3) is 0.692. The largest absolute Gasteiger partial charge is 0.481 e. The second kappa shape index (κ2) is 6.56. The maximum atomic E-state index is 5.62. The van der Waals surface area contributed by atoms with Crippen LogP contribution in [-0.2, 0) is 0 Å². The number of likely N-dealkylation sites (tertiary alicyclic amines) is 1. The van der Waals surface area contributed by atoms with E-state index in [9.17, 15) is 0 Å². The maximum Gasteiger partial charge on any atom is 0.225 e. The molecule has 0 aromatic carbocycles. The van der Waals surface area contributed by atoms with Crippen LogP contribution in [0.3, 0.4) is 0 Å². The van der Waals surface area contributed by atoms with Gasteiger partial charge in [0.15, 0.2) is 0 Å². The first-order valence-electron chi connectivity index (χ1n) is 6.78. The summed E-state index contributed by atoms with van der Waals surface area (Å²) in [4.78, 5) is 10.5. The van der Waals surface area contributed by atoms with Gasteiger partial charge in [-0.3, -0.25) is 0 Å². The monoisotopic (exact) mass is 265 g/mol. The van der Waals surface area contributed by atoms with Gasteiger partial charge >= 0.3 is 0 Å². The average molecular weight is 265 g/mol. The van der Waals surface area contributed by atoms with Crippen LogP contribution in [0.1, 0.15) is 19.3 Å². The molecule has 106 valence electrons. The Morgan fingerprint density at radius 1 is 1.42 bits per heavy atom. The number of nitrogens with zero attached hydrogens (tertiary/aromatic N) is 3. The smallest absolute Gasteiger partial charge is 0.225 e. The van der Waals surface area contributed by atoms with Gasteiger partial charge in [-0.15, -0.1) is 0 Å². The molecule has 1 aliphatic heterocycles. The molecule has 6 nitrogen and oxygen atoms in total. The van der Waals surface area contributed by atoms with E-state index in [4.69, 9.17) is 10.5 Å². The molecule has 6 heteroatoms. The molecule has 1 saturated heterocycles. The third kappa shape index (κ3) is 4.24. The van der Waals surface area contributed by atoms with Crippen LogP contribution in [0.25, 0.3) is 0 Å². The van der Waals surface area contributed by atoms with E-state index < -0.39 is 0 Å². The number of nitrogens with two attached hydrogens (primary N) is 1. The standard InChI is InChI=1S/C13H23N5O/c1-18-7-4-10(5-8-18)3-6-15-11-9-12(19-2)17-13(14)16-11/h9-10H,3-8H2,1-2H3,(H3,14,15,16,17). The Morgan fingerprint density at radius 2 is 2.16 bits per heavy atom. The van der Waals surface area contributed by atoms with E-state index in [-0.39, 0.29) is 5.95 Å². The Balaban J connectivity index is 1.77. The van der Waals surface area contributed by atoms with Crippen molar-refractivity contribution in [3.8, 4) is 5.88 Å². The van der Waals surface area contributed by atoms with E-state index in [0.717, 1.165) is 18.3 Å². The summed E-state index contributed by atoms with van der Waals surface area (Å²) < 4.78 is 5.07. The highest BCUT2D eigenvalue weighted by Crippen LogP contribution is 2.20. The van der Waals surface area contributed by atoms with E-state index in [0.29, 0.717) is 5.88 Å². The van der Waals surface area contributed by atoms with Gasteiger partial charge in [-0.05, 0) is 45.3 Å². The molecule has 3 N–H and O–H groups in total. The highest BCUT2D eigenvalue weighted by atomic mass is 16.5. The zero-order valence-electron chi connectivity index (χ0n) is 11.7. The number of hydrogen-bond donors (Lipinski definition) is 2. The first kappa shape index (κ1) is 13.9. The van der Waals surface area contributed by atoms with Crippen LogP contribution in [0.5, 0.6) is 5.88 Å². The van der Waals surface area contributed by atoms with Gasteiger partial charge in [0.2, 0.25) is 11.8 Å². The summed E-state index contributed by atoms with van der Waals surface area (Å²) >= 11 is 0. The van der Waals surface area contributed by atoms with E-state index in [1.807, 2.05) is 0 Å². The molecule has 0 atom stereocenters. The molecule has 0 unspecified atom stereocenters. The lowest BCUT2D eigenvalue weighted by molar-refractivity contribution is 0.215. The number of anilines is 2. The maximum absolute atomic E-state index is 5.62. The molecular weight excluding hydrogens is 242 g/mol. The van der Waals surface area contributed by atoms with Gasteiger partial charge in [0.05, 0.1) is 7.11 Å².